The molecule has 1 saturated heterocycles. The highest BCUT2D eigenvalue weighted by Gasteiger charge is 2.30. The van der Waals surface area contributed by atoms with Crippen LogP contribution in [0.3, 0.4) is 0 Å². The lowest BCUT2D eigenvalue weighted by Crippen LogP contribution is -2.23. The minimum absolute atomic E-state index is 0.0470. The zero-order valence-corrected chi connectivity index (χ0v) is 20.5. The Bertz CT molecular complexity index is 1370. The van der Waals surface area contributed by atoms with Crippen LogP contribution in [0.2, 0.25) is 10.0 Å². The Morgan fingerprint density at radius 2 is 1.86 bits per heavy atom. The van der Waals surface area contributed by atoms with Crippen molar-refractivity contribution in [1.29, 1.82) is 0 Å². The minimum atomic E-state index is -1.06. The molecule has 1 fully saturated rings. The molecule has 178 valence electrons. The number of nitrogens with zero attached hydrogens (tertiary/aromatic N) is 2. The van der Waals surface area contributed by atoms with Crippen molar-refractivity contribution >= 4 is 63.8 Å². The number of likely N-dealkylation sites (N-methyl/N-ethyl adjacent to an activating group) is 1. The molecule has 0 radical (unpaired) electrons. The summed E-state index contributed by atoms with van der Waals surface area (Å²) in [6, 6.07) is 15.5. The van der Waals surface area contributed by atoms with Crippen molar-refractivity contribution in [1.82, 2.24) is 4.90 Å². The minimum Gasteiger partial charge on any atom is -0.486 e. The third-order valence-electron chi connectivity index (χ3n) is 4.97. The fourth-order valence-corrected chi connectivity index (χ4v) is 4.79. The first kappa shape index (κ1) is 24.8. The number of ether oxygens (including phenoxy) is 1. The number of rotatable bonds is 6. The van der Waals surface area contributed by atoms with Crippen LogP contribution < -0.4 is 4.74 Å². The second-order valence-electron chi connectivity index (χ2n) is 7.42. The molecule has 1 heterocycles. The predicted octanol–water partition coefficient (Wildman–Crippen LogP) is 6.64. The largest absolute Gasteiger partial charge is 0.486 e. The summed E-state index contributed by atoms with van der Waals surface area (Å²) in [5.41, 5.74) is 1.44. The summed E-state index contributed by atoms with van der Waals surface area (Å²) in [4.78, 5) is 30.1. The number of halogens is 3. The van der Waals surface area contributed by atoms with Crippen LogP contribution in [0.25, 0.3) is 6.08 Å². The van der Waals surface area contributed by atoms with Crippen LogP contribution in [-0.4, -0.2) is 34.1 Å². The summed E-state index contributed by atoms with van der Waals surface area (Å²) in [5.74, 6) is -1.53. The van der Waals surface area contributed by atoms with Crippen molar-refractivity contribution in [2.75, 3.05) is 7.05 Å². The average molecular weight is 531 g/mol. The number of amidine groups is 1. The zero-order valence-electron chi connectivity index (χ0n) is 18.2. The Kier molecular flexibility index (Phi) is 7.45. The number of benzene rings is 3. The fraction of sp³-hybridized carbons (Fsp3) is 0.0800. The van der Waals surface area contributed by atoms with Gasteiger partial charge in [0.1, 0.15) is 12.4 Å². The number of amides is 1. The standard InChI is InChI=1S/C25H17Cl2FN2O4S/c1-30-23(31)21(35-25(30)29-17-7-4-6-15(12-17)24(32)33)11-14-9-18(26)22(19(27)10-14)34-13-16-5-2-3-8-20(16)28/h2-12H,13H2,1H3,(H,32,33)/b21-11-,29-25?. The van der Waals surface area contributed by atoms with Gasteiger partial charge in [0.05, 0.1) is 26.2 Å². The van der Waals surface area contributed by atoms with Crippen molar-refractivity contribution in [3.8, 4) is 5.75 Å². The molecule has 35 heavy (non-hydrogen) atoms. The Morgan fingerprint density at radius 1 is 1.14 bits per heavy atom. The van der Waals surface area contributed by atoms with Gasteiger partial charge in [0.2, 0.25) is 0 Å². The molecule has 1 aliphatic rings. The number of carboxylic acids is 1. The van der Waals surface area contributed by atoms with Gasteiger partial charge in [-0.05, 0) is 59.8 Å². The lowest BCUT2D eigenvalue weighted by molar-refractivity contribution is -0.121. The van der Waals surface area contributed by atoms with Crippen LogP contribution in [0.15, 0.2) is 70.6 Å². The van der Waals surface area contributed by atoms with Crippen molar-refractivity contribution in [3.05, 3.63) is 98.1 Å². The van der Waals surface area contributed by atoms with Crippen LogP contribution in [-0.2, 0) is 11.4 Å². The van der Waals surface area contributed by atoms with Gasteiger partial charge < -0.3 is 9.84 Å². The van der Waals surface area contributed by atoms with E-state index in [0.29, 0.717) is 26.9 Å². The van der Waals surface area contributed by atoms with Gasteiger partial charge in [-0.15, -0.1) is 0 Å². The normalized spacial score (nSPS) is 15.8. The number of hydrogen-bond donors (Lipinski definition) is 1. The van der Waals surface area contributed by atoms with Gasteiger partial charge in [0.25, 0.3) is 5.91 Å². The second-order valence-corrected chi connectivity index (χ2v) is 9.24. The van der Waals surface area contributed by atoms with E-state index in [1.807, 2.05) is 0 Å². The lowest BCUT2D eigenvalue weighted by Gasteiger charge is -2.11. The van der Waals surface area contributed by atoms with Crippen LogP contribution in [0.5, 0.6) is 5.75 Å². The number of aromatic carboxylic acids is 1. The van der Waals surface area contributed by atoms with E-state index < -0.39 is 11.8 Å². The van der Waals surface area contributed by atoms with E-state index in [1.54, 1.807) is 55.6 Å². The molecule has 0 saturated carbocycles. The Morgan fingerprint density at radius 3 is 2.54 bits per heavy atom. The van der Waals surface area contributed by atoms with E-state index in [1.165, 1.54) is 23.1 Å². The summed E-state index contributed by atoms with van der Waals surface area (Å²) in [7, 11) is 1.58. The summed E-state index contributed by atoms with van der Waals surface area (Å²) in [5, 5.41) is 9.98. The van der Waals surface area contributed by atoms with E-state index in [0.717, 1.165) is 11.8 Å². The van der Waals surface area contributed by atoms with E-state index in [9.17, 15) is 14.0 Å². The van der Waals surface area contributed by atoms with Gasteiger partial charge in [0.15, 0.2) is 10.9 Å². The van der Waals surface area contributed by atoms with Gasteiger partial charge in [0, 0.05) is 12.6 Å². The first-order valence-corrected chi connectivity index (χ1v) is 11.7. The topological polar surface area (TPSA) is 79.2 Å². The van der Waals surface area contributed by atoms with E-state index in [2.05, 4.69) is 4.99 Å². The number of thioether (sulfide) groups is 1. The van der Waals surface area contributed by atoms with E-state index in [4.69, 9.17) is 33.0 Å². The highest BCUT2D eigenvalue weighted by Crippen LogP contribution is 2.38. The monoisotopic (exact) mass is 530 g/mol. The summed E-state index contributed by atoms with van der Waals surface area (Å²) in [6.07, 6.45) is 1.62. The first-order chi connectivity index (χ1) is 16.7. The highest BCUT2D eigenvalue weighted by molar-refractivity contribution is 8.18. The smallest absolute Gasteiger partial charge is 0.335 e. The molecule has 6 nitrogen and oxygen atoms in total. The van der Waals surface area contributed by atoms with Crippen LogP contribution in [0, 0.1) is 5.82 Å². The summed E-state index contributed by atoms with van der Waals surface area (Å²) >= 11 is 13.9. The maximum absolute atomic E-state index is 13.8. The van der Waals surface area contributed by atoms with Gasteiger partial charge >= 0.3 is 5.97 Å². The SMILES string of the molecule is CN1C(=O)/C(=C/c2cc(Cl)c(OCc3ccccc3F)c(Cl)c2)SC1=Nc1cccc(C(=O)O)c1. The molecular formula is C25H17Cl2FN2O4S. The molecule has 0 bridgehead atoms. The Balaban J connectivity index is 1.55. The quantitative estimate of drug-likeness (QED) is 0.361. The molecule has 4 rings (SSSR count). The molecule has 3 aromatic rings. The third-order valence-corrected chi connectivity index (χ3v) is 6.59. The molecular weight excluding hydrogens is 514 g/mol. The predicted molar refractivity (Wildman–Crippen MR) is 136 cm³/mol. The molecule has 1 aliphatic heterocycles. The van der Waals surface area contributed by atoms with Gasteiger partial charge in [-0.3, -0.25) is 9.69 Å². The number of carbonyl (C=O) groups is 2. The summed E-state index contributed by atoms with van der Waals surface area (Å²) < 4.78 is 19.5. The zero-order chi connectivity index (χ0) is 25.1. The molecule has 0 spiro atoms. The van der Waals surface area contributed by atoms with Crippen LogP contribution in [0.4, 0.5) is 10.1 Å². The highest BCUT2D eigenvalue weighted by atomic mass is 35.5. The van der Waals surface area contributed by atoms with Gasteiger partial charge in [-0.2, -0.15) is 0 Å². The fourth-order valence-electron chi connectivity index (χ4n) is 3.19. The molecule has 0 unspecified atom stereocenters. The summed E-state index contributed by atoms with van der Waals surface area (Å²) in [6.45, 7) is -0.0470. The number of hydrogen-bond acceptors (Lipinski definition) is 5. The van der Waals surface area contributed by atoms with Crippen LogP contribution >= 0.6 is 35.0 Å². The molecule has 0 aromatic heterocycles. The average Bonchev–Trinajstić information content (AvgIpc) is 3.07. The lowest BCUT2D eigenvalue weighted by atomic mass is 10.2. The molecule has 1 N–H and O–H groups in total. The first-order valence-electron chi connectivity index (χ1n) is 10.2. The van der Waals surface area contributed by atoms with Gasteiger partial charge in [-0.1, -0.05) is 47.5 Å². The maximum Gasteiger partial charge on any atom is 0.335 e. The number of carboxylic acid groups (broad SMARTS) is 1. The van der Waals surface area contributed by atoms with Crippen molar-refractivity contribution < 1.29 is 23.8 Å². The van der Waals surface area contributed by atoms with Crippen LogP contribution in [0.1, 0.15) is 21.5 Å². The Labute approximate surface area is 214 Å². The van der Waals surface area contributed by atoms with E-state index >= 15 is 0 Å². The van der Waals surface area contributed by atoms with Crippen molar-refractivity contribution in [2.24, 2.45) is 4.99 Å². The maximum atomic E-state index is 13.8. The molecule has 3 aromatic carbocycles. The number of carbonyl (C=O) groups excluding carboxylic acids is 1. The molecule has 0 aliphatic carbocycles. The third kappa shape index (κ3) is 5.67. The number of aliphatic imine (C=N–C) groups is 1. The molecule has 10 heteroatoms. The van der Waals surface area contributed by atoms with Crippen molar-refractivity contribution in [2.45, 2.75) is 6.61 Å². The molecule has 1 amide bonds. The van der Waals surface area contributed by atoms with Crippen molar-refractivity contribution in [3.63, 3.8) is 0 Å². The van der Waals surface area contributed by atoms with E-state index in [-0.39, 0.29) is 33.9 Å². The van der Waals surface area contributed by atoms with Gasteiger partial charge in [-0.25, -0.2) is 14.2 Å². The Hall–Kier alpha value is -3.33. The molecule has 0 atom stereocenters. The second kappa shape index (κ2) is 10.5.